The summed E-state index contributed by atoms with van der Waals surface area (Å²) in [5.41, 5.74) is 12.7. The molecule has 0 radical (unpaired) electrons. The highest BCUT2D eigenvalue weighted by Crippen LogP contribution is 2.07. The van der Waals surface area contributed by atoms with Crippen LogP contribution in [0.5, 0.6) is 0 Å². The van der Waals surface area contributed by atoms with Crippen LogP contribution >= 0.6 is 0 Å². The van der Waals surface area contributed by atoms with Crippen molar-refractivity contribution in [2.45, 2.75) is 37.4 Å². The zero-order chi connectivity index (χ0) is 22.8. The van der Waals surface area contributed by atoms with E-state index >= 15 is 0 Å². The number of amides is 3. The van der Waals surface area contributed by atoms with Crippen LogP contribution < -0.4 is 22.1 Å². The molecule has 0 saturated carbocycles. The third-order valence-corrected chi connectivity index (χ3v) is 4.57. The molecule has 2 aromatic rings. The first-order valence-electron chi connectivity index (χ1n) is 9.71. The summed E-state index contributed by atoms with van der Waals surface area (Å²) >= 11 is 0. The van der Waals surface area contributed by atoms with Gasteiger partial charge in [0, 0.05) is 6.42 Å². The molecular weight excluding hydrogens is 400 g/mol. The maximum absolute atomic E-state index is 12.8. The molecule has 9 nitrogen and oxygen atoms in total. The minimum absolute atomic E-state index is 0.110. The van der Waals surface area contributed by atoms with Gasteiger partial charge in [0.2, 0.25) is 17.7 Å². The summed E-state index contributed by atoms with van der Waals surface area (Å²) in [6.45, 7) is 0. The van der Waals surface area contributed by atoms with Crippen LogP contribution in [0.15, 0.2) is 60.7 Å². The lowest BCUT2D eigenvalue weighted by Gasteiger charge is -2.23. The van der Waals surface area contributed by atoms with Gasteiger partial charge in [0.1, 0.15) is 12.1 Å². The summed E-state index contributed by atoms with van der Waals surface area (Å²) in [5.74, 6) is -3.58. The van der Waals surface area contributed by atoms with Crippen molar-refractivity contribution in [3.63, 3.8) is 0 Å². The molecule has 2 rings (SSSR count). The average molecular weight is 426 g/mol. The second-order valence-corrected chi connectivity index (χ2v) is 7.12. The largest absolute Gasteiger partial charge is 0.480 e. The normalized spacial score (nSPS) is 13.5. The van der Waals surface area contributed by atoms with Crippen LogP contribution in [-0.4, -0.2) is 46.9 Å². The summed E-state index contributed by atoms with van der Waals surface area (Å²) in [4.78, 5) is 47.9. The fourth-order valence-corrected chi connectivity index (χ4v) is 2.97. The zero-order valence-electron chi connectivity index (χ0n) is 16.9. The number of nitrogens with one attached hydrogen (secondary N) is 2. The second kappa shape index (κ2) is 11.5. The van der Waals surface area contributed by atoms with Gasteiger partial charge in [-0.2, -0.15) is 0 Å². The smallest absolute Gasteiger partial charge is 0.326 e. The maximum atomic E-state index is 12.8. The number of nitrogens with two attached hydrogens (primary N) is 2. The van der Waals surface area contributed by atoms with E-state index in [1.807, 2.05) is 30.3 Å². The minimum Gasteiger partial charge on any atom is -0.480 e. The number of carbonyl (C=O) groups is 4. The Balaban J connectivity index is 2.13. The number of carboxylic acids is 1. The van der Waals surface area contributed by atoms with Crippen LogP contribution in [0.1, 0.15) is 17.5 Å². The summed E-state index contributed by atoms with van der Waals surface area (Å²) < 4.78 is 0. The Kier molecular flexibility index (Phi) is 8.71. The van der Waals surface area contributed by atoms with E-state index in [1.54, 1.807) is 30.3 Å². The minimum atomic E-state index is -1.50. The van der Waals surface area contributed by atoms with E-state index in [0.29, 0.717) is 0 Å². The fourth-order valence-electron chi connectivity index (χ4n) is 2.97. The van der Waals surface area contributed by atoms with Gasteiger partial charge in [-0.25, -0.2) is 4.79 Å². The maximum Gasteiger partial charge on any atom is 0.326 e. The SMILES string of the molecule is NC(=O)C[C@H](NC(=O)[C@H](Cc1ccccc1)NC(=O)[C@@H](N)Cc1ccccc1)C(=O)O. The van der Waals surface area contributed by atoms with Crippen LogP contribution in [0, 0.1) is 0 Å². The molecular formula is C22H26N4O5. The molecule has 0 bridgehead atoms. The summed E-state index contributed by atoms with van der Waals surface area (Å²) in [7, 11) is 0. The van der Waals surface area contributed by atoms with E-state index in [9.17, 15) is 24.3 Å². The van der Waals surface area contributed by atoms with Crippen molar-refractivity contribution in [1.82, 2.24) is 10.6 Å². The molecule has 0 fully saturated rings. The molecule has 0 spiro atoms. The molecule has 3 amide bonds. The third-order valence-electron chi connectivity index (χ3n) is 4.57. The van der Waals surface area contributed by atoms with Gasteiger partial charge in [-0.3, -0.25) is 14.4 Å². The second-order valence-electron chi connectivity index (χ2n) is 7.12. The molecule has 0 aliphatic heterocycles. The number of aliphatic carboxylic acids is 1. The van der Waals surface area contributed by atoms with Gasteiger partial charge in [0.15, 0.2) is 0 Å². The Labute approximate surface area is 179 Å². The summed E-state index contributed by atoms with van der Waals surface area (Å²) in [6, 6.07) is 14.6. The molecule has 2 aromatic carbocycles. The van der Waals surface area contributed by atoms with E-state index in [2.05, 4.69) is 10.6 Å². The van der Waals surface area contributed by atoms with Crippen molar-refractivity contribution in [2.24, 2.45) is 11.5 Å². The lowest BCUT2D eigenvalue weighted by atomic mass is 10.0. The van der Waals surface area contributed by atoms with Crippen molar-refractivity contribution >= 4 is 23.7 Å². The third kappa shape index (κ3) is 7.90. The molecule has 0 unspecified atom stereocenters. The topological polar surface area (TPSA) is 165 Å². The number of hydrogen-bond acceptors (Lipinski definition) is 5. The number of primary amides is 1. The molecule has 3 atom stereocenters. The van der Waals surface area contributed by atoms with E-state index in [0.717, 1.165) is 11.1 Å². The van der Waals surface area contributed by atoms with Crippen molar-refractivity contribution in [3.8, 4) is 0 Å². The van der Waals surface area contributed by atoms with E-state index in [4.69, 9.17) is 11.5 Å². The highest BCUT2D eigenvalue weighted by molar-refractivity contribution is 5.93. The summed E-state index contributed by atoms with van der Waals surface area (Å²) in [5, 5.41) is 14.1. The standard InChI is InChI=1S/C22H26N4O5/c23-16(11-14-7-3-1-4-8-14)20(28)25-17(12-15-9-5-2-6-10-15)21(29)26-18(22(30)31)13-19(24)27/h1-10,16-18H,11-13,23H2,(H2,24,27)(H,25,28)(H,26,29)(H,30,31)/t16-,17-,18-/m0/s1. The highest BCUT2D eigenvalue weighted by atomic mass is 16.4. The zero-order valence-corrected chi connectivity index (χ0v) is 16.9. The van der Waals surface area contributed by atoms with Gasteiger partial charge in [-0.15, -0.1) is 0 Å². The molecule has 0 saturated heterocycles. The Morgan fingerprint density at radius 1 is 0.774 bits per heavy atom. The van der Waals surface area contributed by atoms with Crippen LogP contribution in [-0.2, 0) is 32.0 Å². The van der Waals surface area contributed by atoms with Gasteiger partial charge in [0.05, 0.1) is 12.5 Å². The lowest BCUT2D eigenvalue weighted by molar-refractivity contribution is -0.143. The van der Waals surface area contributed by atoms with Gasteiger partial charge in [-0.05, 0) is 17.5 Å². The van der Waals surface area contributed by atoms with E-state index in [-0.39, 0.29) is 12.8 Å². The van der Waals surface area contributed by atoms with Crippen LogP contribution in [0.3, 0.4) is 0 Å². The van der Waals surface area contributed by atoms with Crippen molar-refractivity contribution in [1.29, 1.82) is 0 Å². The Morgan fingerprint density at radius 3 is 1.74 bits per heavy atom. The number of carboxylic acid groups (broad SMARTS) is 1. The first-order chi connectivity index (χ1) is 14.8. The fraction of sp³-hybridized carbons (Fsp3) is 0.273. The average Bonchev–Trinajstić information content (AvgIpc) is 2.73. The van der Waals surface area contributed by atoms with E-state index < -0.39 is 48.2 Å². The molecule has 31 heavy (non-hydrogen) atoms. The van der Waals surface area contributed by atoms with Crippen LogP contribution in [0.2, 0.25) is 0 Å². The molecule has 0 aromatic heterocycles. The van der Waals surface area contributed by atoms with Crippen molar-refractivity contribution < 1.29 is 24.3 Å². The first kappa shape index (κ1) is 23.6. The quantitative estimate of drug-likeness (QED) is 0.332. The lowest BCUT2D eigenvalue weighted by Crippen LogP contribution is -2.56. The Bertz CT molecular complexity index is 905. The number of hydrogen-bond donors (Lipinski definition) is 5. The van der Waals surface area contributed by atoms with E-state index in [1.165, 1.54) is 0 Å². The first-order valence-corrected chi connectivity index (χ1v) is 9.71. The number of rotatable bonds is 11. The Morgan fingerprint density at radius 2 is 1.26 bits per heavy atom. The van der Waals surface area contributed by atoms with Crippen LogP contribution in [0.25, 0.3) is 0 Å². The van der Waals surface area contributed by atoms with Gasteiger partial charge >= 0.3 is 5.97 Å². The van der Waals surface area contributed by atoms with Crippen LogP contribution in [0.4, 0.5) is 0 Å². The monoisotopic (exact) mass is 426 g/mol. The molecule has 0 aliphatic carbocycles. The van der Waals surface area contributed by atoms with Gasteiger partial charge in [-0.1, -0.05) is 60.7 Å². The molecule has 0 heterocycles. The molecule has 0 aliphatic rings. The van der Waals surface area contributed by atoms with Crippen molar-refractivity contribution in [3.05, 3.63) is 71.8 Å². The highest BCUT2D eigenvalue weighted by Gasteiger charge is 2.29. The number of carbonyl (C=O) groups excluding carboxylic acids is 3. The van der Waals surface area contributed by atoms with Gasteiger partial charge in [0.25, 0.3) is 0 Å². The van der Waals surface area contributed by atoms with Gasteiger partial charge < -0.3 is 27.2 Å². The molecule has 7 N–H and O–H groups in total. The summed E-state index contributed by atoms with van der Waals surface area (Å²) in [6.07, 6.45) is -0.189. The van der Waals surface area contributed by atoms with Crippen molar-refractivity contribution in [2.75, 3.05) is 0 Å². The predicted molar refractivity (Wildman–Crippen MR) is 114 cm³/mol. The molecule has 164 valence electrons. The Hall–Kier alpha value is -3.72. The number of benzene rings is 2. The molecule has 9 heteroatoms. The predicted octanol–water partition coefficient (Wildman–Crippen LogP) is -0.271.